The van der Waals surface area contributed by atoms with Crippen molar-refractivity contribution in [2.75, 3.05) is 0 Å². The Bertz CT molecular complexity index is 726. The van der Waals surface area contributed by atoms with Crippen LogP contribution in [-0.2, 0) is 5.41 Å². The number of aromatic nitrogens is 1. The Balaban J connectivity index is 1.95. The van der Waals surface area contributed by atoms with Crippen LogP contribution in [0.1, 0.15) is 23.3 Å². The zero-order chi connectivity index (χ0) is 13.2. The summed E-state index contributed by atoms with van der Waals surface area (Å²) in [7, 11) is 0. The minimum absolute atomic E-state index is 0.0469. The molecular weight excluding hydrogens is 266 g/mol. The summed E-state index contributed by atoms with van der Waals surface area (Å²) < 4.78 is 5.75. The van der Waals surface area contributed by atoms with Gasteiger partial charge in [-0.25, -0.2) is 0 Å². The highest BCUT2D eigenvalue weighted by Crippen LogP contribution is 2.59. The molecule has 1 aliphatic carbocycles. The van der Waals surface area contributed by atoms with Crippen LogP contribution in [0.3, 0.4) is 0 Å². The van der Waals surface area contributed by atoms with Gasteiger partial charge in [-0.2, -0.15) is 0 Å². The van der Waals surface area contributed by atoms with E-state index in [2.05, 4.69) is 4.98 Å². The van der Waals surface area contributed by atoms with Crippen molar-refractivity contribution in [3.05, 3.63) is 38.3 Å². The van der Waals surface area contributed by atoms with Gasteiger partial charge in [0.05, 0.1) is 4.88 Å². The molecule has 3 aliphatic rings. The van der Waals surface area contributed by atoms with Crippen LogP contribution < -0.4 is 9.61 Å². The summed E-state index contributed by atoms with van der Waals surface area (Å²) >= 11 is 1.05. The first-order valence-electron chi connectivity index (χ1n) is 6.01. The fourth-order valence-electron chi connectivity index (χ4n) is 3.16. The number of rotatable bonds is 1. The zero-order valence-corrected chi connectivity index (χ0v) is 10.7. The van der Waals surface area contributed by atoms with Crippen LogP contribution in [-0.4, -0.2) is 21.3 Å². The molecule has 2 aliphatic heterocycles. The van der Waals surface area contributed by atoms with Gasteiger partial charge in [0.1, 0.15) is 17.6 Å². The summed E-state index contributed by atoms with van der Waals surface area (Å²) in [5, 5.41) is 19.4. The molecule has 0 unspecified atom stereocenters. The second-order valence-electron chi connectivity index (χ2n) is 5.10. The van der Waals surface area contributed by atoms with Crippen molar-refractivity contribution >= 4 is 11.3 Å². The Hall–Kier alpha value is -1.95. The largest absolute Gasteiger partial charge is 0.508 e. The molecule has 1 aromatic heterocycles. The van der Waals surface area contributed by atoms with Crippen LogP contribution in [0.2, 0.25) is 0 Å². The SMILES string of the molecule is O=c1[nH]c(O)c(C23CC(C2)Oc2cc(O)ccc23)s1. The van der Waals surface area contributed by atoms with Gasteiger partial charge < -0.3 is 14.9 Å². The highest BCUT2D eigenvalue weighted by atomic mass is 32.1. The van der Waals surface area contributed by atoms with Gasteiger partial charge in [-0.3, -0.25) is 9.78 Å². The maximum Gasteiger partial charge on any atom is 0.307 e. The normalized spacial score (nSPS) is 27.3. The summed E-state index contributed by atoms with van der Waals surface area (Å²) in [5.74, 6) is 0.749. The number of nitrogens with one attached hydrogen (secondary N) is 1. The monoisotopic (exact) mass is 277 g/mol. The number of thiazole rings is 1. The lowest BCUT2D eigenvalue weighted by Crippen LogP contribution is -2.51. The Kier molecular flexibility index (Phi) is 1.91. The van der Waals surface area contributed by atoms with E-state index in [1.54, 1.807) is 12.1 Å². The topological polar surface area (TPSA) is 82.6 Å². The van der Waals surface area contributed by atoms with Gasteiger partial charge in [0.25, 0.3) is 0 Å². The van der Waals surface area contributed by atoms with Crippen LogP contribution >= 0.6 is 11.3 Å². The fourth-order valence-corrected chi connectivity index (χ4v) is 4.11. The molecule has 2 aromatic rings. The first-order chi connectivity index (χ1) is 9.08. The highest BCUT2D eigenvalue weighted by Gasteiger charge is 2.55. The third-order valence-corrected chi connectivity index (χ3v) is 5.07. The van der Waals surface area contributed by atoms with E-state index < -0.39 is 0 Å². The predicted octanol–water partition coefficient (Wildman–Crippen LogP) is 1.69. The average molecular weight is 277 g/mol. The molecule has 5 nitrogen and oxygen atoms in total. The van der Waals surface area contributed by atoms with E-state index in [1.807, 2.05) is 6.07 Å². The lowest BCUT2D eigenvalue weighted by atomic mass is 9.60. The molecule has 6 heteroatoms. The van der Waals surface area contributed by atoms with E-state index in [4.69, 9.17) is 4.74 Å². The molecule has 19 heavy (non-hydrogen) atoms. The van der Waals surface area contributed by atoms with E-state index in [9.17, 15) is 15.0 Å². The van der Waals surface area contributed by atoms with Crippen LogP contribution in [0.5, 0.6) is 17.4 Å². The molecule has 0 amide bonds. The van der Waals surface area contributed by atoms with Crippen molar-refractivity contribution in [2.24, 2.45) is 0 Å². The molecule has 0 spiro atoms. The Morgan fingerprint density at radius 1 is 1.37 bits per heavy atom. The van der Waals surface area contributed by atoms with Gasteiger partial charge in [0, 0.05) is 17.0 Å². The average Bonchev–Trinajstić information content (AvgIpc) is 2.65. The number of aromatic amines is 1. The van der Waals surface area contributed by atoms with Crippen molar-refractivity contribution in [1.82, 2.24) is 4.98 Å². The number of hydrogen-bond donors (Lipinski definition) is 3. The van der Waals surface area contributed by atoms with Crippen molar-refractivity contribution in [3.63, 3.8) is 0 Å². The van der Waals surface area contributed by atoms with Gasteiger partial charge in [-0.05, 0) is 18.9 Å². The molecule has 1 saturated carbocycles. The van der Waals surface area contributed by atoms with E-state index >= 15 is 0 Å². The number of benzene rings is 1. The third-order valence-electron chi connectivity index (χ3n) is 3.99. The first kappa shape index (κ1) is 10.9. The number of H-pyrrole nitrogens is 1. The molecule has 0 atom stereocenters. The minimum atomic E-state index is -0.347. The standard InChI is InChI=1S/C13H11NO4S/c15-6-1-2-8-9(3-6)18-7-4-13(8,5-7)10-11(16)14-12(17)19-10/h1-3,7,15-16H,4-5H2,(H,14,17). The number of phenols is 1. The van der Waals surface area contributed by atoms with Crippen LogP contribution in [0.25, 0.3) is 0 Å². The molecule has 3 N–H and O–H groups in total. The molecule has 3 heterocycles. The lowest BCUT2D eigenvalue weighted by molar-refractivity contribution is 0.0284. The number of aromatic hydroxyl groups is 2. The quantitative estimate of drug-likeness (QED) is 0.740. The molecule has 5 rings (SSSR count). The Labute approximate surface area is 112 Å². The van der Waals surface area contributed by atoms with Gasteiger partial charge in [-0.1, -0.05) is 17.4 Å². The summed E-state index contributed by atoms with van der Waals surface area (Å²) in [6, 6.07) is 5.00. The van der Waals surface area contributed by atoms with Gasteiger partial charge in [-0.15, -0.1) is 0 Å². The molecule has 1 aromatic carbocycles. The zero-order valence-electron chi connectivity index (χ0n) is 9.84. The molecule has 98 valence electrons. The van der Waals surface area contributed by atoms with E-state index in [-0.39, 0.29) is 28.0 Å². The molecule has 2 bridgehead atoms. The van der Waals surface area contributed by atoms with E-state index in [1.165, 1.54) is 0 Å². The number of ether oxygens (including phenoxy) is 1. The van der Waals surface area contributed by atoms with Crippen molar-refractivity contribution in [3.8, 4) is 17.4 Å². The highest BCUT2D eigenvalue weighted by molar-refractivity contribution is 7.09. The molecular formula is C13H11NO4S. The van der Waals surface area contributed by atoms with Gasteiger partial charge in [0.15, 0.2) is 0 Å². The number of phenolic OH excluding ortho intramolecular Hbond substituents is 1. The summed E-state index contributed by atoms with van der Waals surface area (Å²) in [6.45, 7) is 0. The maximum atomic E-state index is 11.4. The van der Waals surface area contributed by atoms with Gasteiger partial charge in [0.2, 0.25) is 5.88 Å². The Morgan fingerprint density at radius 3 is 2.84 bits per heavy atom. The number of hydrogen-bond acceptors (Lipinski definition) is 5. The second kappa shape index (κ2) is 3.33. The van der Waals surface area contributed by atoms with Crippen molar-refractivity contribution in [2.45, 2.75) is 24.4 Å². The van der Waals surface area contributed by atoms with Crippen molar-refractivity contribution < 1.29 is 14.9 Å². The molecule has 0 radical (unpaired) electrons. The lowest BCUT2D eigenvalue weighted by Gasteiger charge is -2.52. The fraction of sp³-hybridized carbons (Fsp3) is 0.308. The van der Waals surface area contributed by atoms with E-state index in [0.29, 0.717) is 10.6 Å². The summed E-state index contributed by atoms with van der Waals surface area (Å²) in [6.07, 6.45) is 1.60. The maximum absolute atomic E-state index is 11.4. The first-order valence-corrected chi connectivity index (χ1v) is 6.83. The van der Waals surface area contributed by atoms with Gasteiger partial charge >= 0.3 is 4.87 Å². The molecule has 1 fully saturated rings. The third kappa shape index (κ3) is 1.32. The summed E-state index contributed by atoms with van der Waals surface area (Å²) in [5.41, 5.74) is 0.582. The smallest absolute Gasteiger partial charge is 0.307 e. The Morgan fingerprint density at radius 2 is 2.16 bits per heavy atom. The molecule has 0 saturated heterocycles. The summed E-state index contributed by atoms with van der Waals surface area (Å²) in [4.78, 5) is 14.3. The predicted molar refractivity (Wildman–Crippen MR) is 69.1 cm³/mol. The second-order valence-corrected chi connectivity index (χ2v) is 6.09. The minimum Gasteiger partial charge on any atom is -0.508 e. The van der Waals surface area contributed by atoms with E-state index in [0.717, 1.165) is 29.7 Å². The van der Waals surface area contributed by atoms with Crippen LogP contribution in [0.4, 0.5) is 0 Å². The van der Waals surface area contributed by atoms with Crippen LogP contribution in [0, 0.1) is 0 Å². The van der Waals surface area contributed by atoms with Crippen molar-refractivity contribution in [1.29, 1.82) is 0 Å². The van der Waals surface area contributed by atoms with Crippen LogP contribution in [0.15, 0.2) is 23.0 Å².